The summed E-state index contributed by atoms with van der Waals surface area (Å²) in [6, 6.07) is 3.04. The minimum absolute atomic E-state index is 0.0158. The number of Topliss-reactive ketones (excluding diaryl/α,β-unsaturated/α-hetero) is 1. The van der Waals surface area contributed by atoms with Crippen molar-refractivity contribution >= 4 is 16.6 Å². The zero-order valence-corrected chi connectivity index (χ0v) is 11.3. The predicted molar refractivity (Wildman–Crippen MR) is 69.4 cm³/mol. The first kappa shape index (κ1) is 14.3. The summed E-state index contributed by atoms with van der Waals surface area (Å²) in [5.74, 6) is -1.41. The number of hydrogen-bond acceptors (Lipinski definition) is 3. The summed E-state index contributed by atoms with van der Waals surface area (Å²) in [6.45, 7) is 0.496. The Labute approximate surface area is 112 Å². The highest BCUT2D eigenvalue weighted by Gasteiger charge is 2.30. The van der Waals surface area contributed by atoms with Gasteiger partial charge in [0.25, 0.3) is 0 Å². The van der Waals surface area contributed by atoms with Crippen LogP contribution in [0.4, 0.5) is 8.78 Å². The second-order valence-corrected chi connectivity index (χ2v) is 6.22. The van der Waals surface area contributed by atoms with Gasteiger partial charge in [0.2, 0.25) is 0 Å². The van der Waals surface area contributed by atoms with Gasteiger partial charge in [0.15, 0.2) is 5.78 Å². The summed E-state index contributed by atoms with van der Waals surface area (Å²) in [5.41, 5.74) is 0.554. The predicted octanol–water partition coefficient (Wildman–Crippen LogP) is 1.36. The summed E-state index contributed by atoms with van der Waals surface area (Å²) in [7, 11) is -1.16. The Hall–Kier alpha value is -1.14. The van der Waals surface area contributed by atoms with Gasteiger partial charge >= 0.3 is 0 Å². The van der Waals surface area contributed by atoms with E-state index in [1.807, 2.05) is 0 Å². The maximum atomic E-state index is 13.1. The quantitative estimate of drug-likeness (QED) is 0.909. The number of carbonyl (C=O) groups excluding carboxylic acids is 1. The third-order valence-corrected chi connectivity index (χ3v) is 3.91. The van der Waals surface area contributed by atoms with Gasteiger partial charge in [-0.2, -0.15) is 0 Å². The van der Waals surface area contributed by atoms with Crippen molar-refractivity contribution in [1.82, 2.24) is 5.32 Å². The molecule has 0 bridgehead atoms. The molecular formula is C13H15F2NO2S. The standard InChI is InChI=1S/C13H15F2NO2S/c1-19(18)7-13(17)12-4-9(6-16-12)8-2-10(14)5-11(15)3-8/h2-3,5,9,12,16H,4,6-7H2,1H3/t9-,12?,19?/m1/s1. The fourth-order valence-corrected chi connectivity index (χ4v) is 2.95. The number of rotatable bonds is 4. The lowest BCUT2D eigenvalue weighted by molar-refractivity contribution is -0.118. The van der Waals surface area contributed by atoms with Crippen LogP contribution in [-0.4, -0.2) is 34.6 Å². The number of carbonyl (C=O) groups is 1. The molecule has 1 aromatic rings. The first-order chi connectivity index (χ1) is 8.95. The minimum Gasteiger partial charge on any atom is -0.307 e. The summed E-state index contributed by atoms with van der Waals surface area (Å²) in [4.78, 5) is 11.8. The van der Waals surface area contributed by atoms with Gasteiger partial charge < -0.3 is 5.32 Å². The maximum absolute atomic E-state index is 13.1. The lowest BCUT2D eigenvalue weighted by Crippen LogP contribution is -2.33. The molecule has 19 heavy (non-hydrogen) atoms. The summed E-state index contributed by atoms with van der Waals surface area (Å²) < 4.78 is 37.3. The number of halogens is 2. The van der Waals surface area contributed by atoms with Crippen LogP contribution in [0.2, 0.25) is 0 Å². The van der Waals surface area contributed by atoms with E-state index in [9.17, 15) is 17.8 Å². The third kappa shape index (κ3) is 3.67. The molecular weight excluding hydrogens is 272 g/mol. The van der Waals surface area contributed by atoms with Crippen molar-refractivity contribution in [3.63, 3.8) is 0 Å². The van der Waals surface area contributed by atoms with Crippen molar-refractivity contribution < 1.29 is 17.8 Å². The van der Waals surface area contributed by atoms with Crippen LogP contribution < -0.4 is 5.32 Å². The molecule has 3 atom stereocenters. The summed E-state index contributed by atoms with van der Waals surface area (Å²) in [6.07, 6.45) is 1.96. The van der Waals surface area contributed by atoms with Gasteiger partial charge in [0.1, 0.15) is 11.6 Å². The highest BCUT2D eigenvalue weighted by Crippen LogP contribution is 2.27. The Balaban J connectivity index is 2.05. The van der Waals surface area contributed by atoms with Crippen LogP contribution in [0.15, 0.2) is 18.2 Å². The highest BCUT2D eigenvalue weighted by molar-refractivity contribution is 7.85. The first-order valence-electron chi connectivity index (χ1n) is 5.98. The van der Waals surface area contributed by atoms with Crippen molar-refractivity contribution in [1.29, 1.82) is 0 Å². The molecule has 0 aliphatic carbocycles. The Morgan fingerprint density at radius 2 is 2.00 bits per heavy atom. The first-order valence-corrected chi connectivity index (χ1v) is 7.70. The van der Waals surface area contributed by atoms with Crippen molar-refractivity contribution in [2.45, 2.75) is 18.4 Å². The second-order valence-electron chi connectivity index (χ2n) is 4.78. The number of benzene rings is 1. The Kier molecular flexibility index (Phi) is 4.42. The number of hydrogen-bond donors (Lipinski definition) is 1. The number of ketones is 1. The average Bonchev–Trinajstić information content (AvgIpc) is 2.75. The zero-order chi connectivity index (χ0) is 14.0. The Morgan fingerprint density at radius 1 is 1.37 bits per heavy atom. The lowest BCUT2D eigenvalue weighted by atomic mass is 9.95. The highest BCUT2D eigenvalue weighted by atomic mass is 32.2. The van der Waals surface area contributed by atoms with Crippen LogP contribution in [0.25, 0.3) is 0 Å². The average molecular weight is 287 g/mol. The van der Waals surface area contributed by atoms with Gasteiger partial charge in [0, 0.05) is 29.7 Å². The normalized spacial score (nSPS) is 24.4. The van der Waals surface area contributed by atoms with E-state index in [0.29, 0.717) is 18.5 Å². The molecule has 0 spiro atoms. The molecule has 3 nitrogen and oxygen atoms in total. The van der Waals surface area contributed by atoms with E-state index in [1.165, 1.54) is 18.4 Å². The molecule has 2 unspecified atom stereocenters. The van der Waals surface area contributed by atoms with E-state index in [1.54, 1.807) is 0 Å². The van der Waals surface area contributed by atoms with E-state index in [-0.39, 0.29) is 23.5 Å². The van der Waals surface area contributed by atoms with E-state index >= 15 is 0 Å². The van der Waals surface area contributed by atoms with Crippen LogP contribution in [0, 0.1) is 11.6 Å². The van der Waals surface area contributed by atoms with Gasteiger partial charge in [-0.25, -0.2) is 8.78 Å². The van der Waals surface area contributed by atoms with Crippen LogP contribution in [-0.2, 0) is 15.6 Å². The molecule has 1 aliphatic rings. The molecule has 1 saturated heterocycles. The van der Waals surface area contributed by atoms with Crippen molar-refractivity contribution in [3.05, 3.63) is 35.4 Å². The third-order valence-electron chi connectivity index (χ3n) is 3.22. The van der Waals surface area contributed by atoms with E-state index < -0.39 is 22.4 Å². The molecule has 0 radical (unpaired) electrons. The fourth-order valence-electron chi connectivity index (χ4n) is 2.35. The molecule has 1 aromatic carbocycles. The Bertz CT molecular complexity index is 501. The van der Waals surface area contributed by atoms with Gasteiger partial charge in [-0.1, -0.05) is 0 Å². The minimum atomic E-state index is -1.16. The van der Waals surface area contributed by atoms with Crippen LogP contribution in [0.5, 0.6) is 0 Å². The molecule has 0 aromatic heterocycles. The topological polar surface area (TPSA) is 46.2 Å². The molecule has 0 amide bonds. The summed E-state index contributed by atoms with van der Waals surface area (Å²) >= 11 is 0. The molecule has 1 fully saturated rings. The van der Waals surface area contributed by atoms with Crippen molar-refractivity contribution in [2.75, 3.05) is 18.6 Å². The molecule has 1 aliphatic heterocycles. The van der Waals surface area contributed by atoms with Gasteiger partial charge in [-0.15, -0.1) is 0 Å². The molecule has 1 heterocycles. The van der Waals surface area contributed by atoms with Gasteiger partial charge in [-0.05, 0) is 30.0 Å². The molecule has 6 heteroatoms. The van der Waals surface area contributed by atoms with E-state index in [2.05, 4.69) is 5.32 Å². The smallest absolute Gasteiger partial charge is 0.162 e. The van der Waals surface area contributed by atoms with Gasteiger partial charge in [0.05, 0.1) is 11.8 Å². The fraction of sp³-hybridized carbons (Fsp3) is 0.462. The second kappa shape index (κ2) is 5.88. The molecule has 2 rings (SSSR count). The summed E-state index contributed by atoms with van der Waals surface area (Å²) in [5, 5.41) is 3.02. The van der Waals surface area contributed by atoms with Crippen LogP contribution in [0.3, 0.4) is 0 Å². The molecule has 1 N–H and O–H groups in total. The van der Waals surface area contributed by atoms with Gasteiger partial charge in [-0.3, -0.25) is 9.00 Å². The van der Waals surface area contributed by atoms with Crippen LogP contribution in [0.1, 0.15) is 17.9 Å². The van der Waals surface area contributed by atoms with E-state index in [0.717, 1.165) is 6.07 Å². The van der Waals surface area contributed by atoms with Crippen LogP contribution >= 0.6 is 0 Å². The van der Waals surface area contributed by atoms with Crippen molar-refractivity contribution in [2.24, 2.45) is 0 Å². The zero-order valence-electron chi connectivity index (χ0n) is 10.5. The largest absolute Gasteiger partial charge is 0.307 e. The Morgan fingerprint density at radius 3 is 2.58 bits per heavy atom. The molecule has 0 saturated carbocycles. The molecule has 104 valence electrons. The maximum Gasteiger partial charge on any atom is 0.162 e. The van der Waals surface area contributed by atoms with Crippen molar-refractivity contribution in [3.8, 4) is 0 Å². The number of nitrogens with one attached hydrogen (secondary N) is 1. The SMILES string of the molecule is CS(=O)CC(=O)C1C[C@@H](c2cc(F)cc(F)c2)CN1. The monoisotopic (exact) mass is 287 g/mol. The lowest BCUT2D eigenvalue weighted by Gasteiger charge is -2.10. The van der Waals surface area contributed by atoms with E-state index in [4.69, 9.17) is 0 Å².